The number of aryl methyl sites for hydroxylation is 1. The maximum Gasteiger partial charge on any atom is 0.294 e. The second kappa shape index (κ2) is 9.77. The molecule has 1 atom stereocenters. The second-order valence-electron chi connectivity index (χ2n) is 6.81. The highest BCUT2D eigenvalue weighted by atomic mass is 32.2. The Morgan fingerprint density at radius 3 is 2.11 bits per heavy atom. The predicted molar refractivity (Wildman–Crippen MR) is 105 cm³/mol. The maximum atomic E-state index is 12.9. The topological polar surface area (TPSA) is 109 Å². The van der Waals surface area contributed by atoms with Crippen molar-refractivity contribution >= 4 is 16.0 Å². The van der Waals surface area contributed by atoms with Gasteiger partial charge in [0.05, 0.1) is 10.8 Å². The molecule has 1 unspecified atom stereocenters. The number of hydrogen-bond acceptors (Lipinski definition) is 4. The third-order valence-electron chi connectivity index (χ3n) is 4.71. The molecular weight excluding hydrogens is 383 g/mol. The van der Waals surface area contributed by atoms with Crippen LogP contribution in [0.25, 0.3) is 0 Å². The number of rotatable bonds is 4. The first-order valence-electron chi connectivity index (χ1n) is 8.98. The summed E-state index contributed by atoms with van der Waals surface area (Å²) in [5, 5.41) is 3.26. The minimum atomic E-state index is -4.02. The lowest BCUT2D eigenvalue weighted by Gasteiger charge is -2.29. The number of primary amides is 1. The van der Waals surface area contributed by atoms with Crippen LogP contribution in [0, 0.1) is 18.7 Å². The van der Waals surface area contributed by atoms with E-state index in [0.29, 0.717) is 0 Å². The Hall–Kier alpha value is -2.29. The molecule has 28 heavy (non-hydrogen) atoms. The average Bonchev–Trinajstić information content (AvgIpc) is 2.64. The number of carbonyl (C=O) groups is 1. The molecule has 0 aliphatic carbocycles. The second-order valence-corrected chi connectivity index (χ2v) is 8.23. The Kier molecular flexibility index (Phi) is 7.68. The molecule has 6 nitrogen and oxygen atoms in total. The normalized spacial score (nSPS) is 16.0. The Balaban J connectivity index is 0.000000221. The van der Waals surface area contributed by atoms with Crippen LogP contribution in [0.15, 0.2) is 53.4 Å². The third kappa shape index (κ3) is 6.40. The van der Waals surface area contributed by atoms with Crippen molar-refractivity contribution < 1.29 is 22.2 Å². The predicted octanol–water partition coefficient (Wildman–Crippen LogP) is 2.64. The number of piperidine rings is 1. The molecule has 1 aliphatic heterocycles. The quantitative estimate of drug-likeness (QED) is 0.674. The smallest absolute Gasteiger partial charge is 0.294 e. The minimum Gasteiger partial charge on any atom is -0.369 e. The summed E-state index contributed by atoms with van der Waals surface area (Å²) in [6.45, 7) is 3.67. The molecule has 4 N–H and O–H groups in total. The SMILES string of the molecule is Cc1ccc(S(=O)(=O)O)cc1.NC(=O)C(c1ccc(F)cc1)C1CCNCC1. The highest BCUT2D eigenvalue weighted by Crippen LogP contribution is 2.30. The Morgan fingerprint density at radius 2 is 1.64 bits per heavy atom. The van der Waals surface area contributed by atoms with Crippen LogP contribution in [-0.4, -0.2) is 32.0 Å². The summed E-state index contributed by atoms with van der Waals surface area (Å²) >= 11 is 0. The molecule has 0 aromatic heterocycles. The van der Waals surface area contributed by atoms with Gasteiger partial charge >= 0.3 is 0 Å². The van der Waals surface area contributed by atoms with Gasteiger partial charge in [-0.1, -0.05) is 29.8 Å². The maximum absolute atomic E-state index is 12.9. The van der Waals surface area contributed by atoms with Gasteiger partial charge in [0.2, 0.25) is 5.91 Å². The molecule has 8 heteroatoms. The molecule has 1 heterocycles. The molecule has 1 amide bonds. The summed E-state index contributed by atoms with van der Waals surface area (Å²) in [7, 11) is -4.02. The van der Waals surface area contributed by atoms with E-state index in [1.807, 2.05) is 6.92 Å². The Bertz CT molecular complexity index is 877. The highest BCUT2D eigenvalue weighted by molar-refractivity contribution is 7.85. The molecular formula is C20H25FN2O4S. The zero-order valence-electron chi connectivity index (χ0n) is 15.6. The van der Waals surface area contributed by atoms with Gasteiger partial charge in [0.15, 0.2) is 0 Å². The van der Waals surface area contributed by atoms with Crippen molar-refractivity contribution in [3.63, 3.8) is 0 Å². The Labute approximate surface area is 164 Å². The van der Waals surface area contributed by atoms with E-state index in [0.717, 1.165) is 37.1 Å². The van der Waals surface area contributed by atoms with Crippen molar-refractivity contribution in [2.24, 2.45) is 11.7 Å². The van der Waals surface area contributed by atoms with Crippen molar-refractivity contribution in [3.05, 3.63) is 65.5 Å². The fourth-order valence-electron chi connectivity index (χ4n) is 3.23. The van der Waals surface area contributed by atoms with E-state index in [4.69, 9.17) is 10.3 Å². The van der Waals surface area contributed by atoms with Crippen molar-refractivity contribution in [2.75, 3.05) is 13.1 Å². The third-order valence-corrected chi connectivity index (χ3v) is 5.58. The van der Waals surface area contributed by atoms with Crippen molar-refractivity contribution in [1.29, 1.82) is 0 Å². The van der Waals surface area contributed by atoms with Gasteiger partial charge in [-0.15, -0.1) is 0 Å². The van der Waals surface area contributed by atoms with Gasteiger partial charge in [-0.25, -0.2) is 4.39 Å². The molecule has 2 aromatic rings. The standard InChI is InChI=1S/C13H17FN2O.C7H8O3S/c14-11-3-1-9(2-4-11)12(13(15)17)10-5-7-16-8-6-10;1-6-2-4-7(5-3-6)11(8,9)10/h1-4,10,12,16H,5-8H2,(H2,15,17);2-5H,1H3,(H,8,9,10). The number of hydrogen-bond donors (Lipinski definition) is 3. The zero-order chi connectivity index (χ0) is 20.7. The van der Waals surface area contributed by atoms with Gasteiger partial charge in [0.1, 0.15) is 5.82 Å². The van der Waals surface area contributed by atoms with Gasteiger partial charge < -0.3 is 11.1 Å². The lowest BCUT2D eigenvalue weighted by molar-refractivity contribution is -0.120. The first-order chi connectivity index (χ1) is 13.2. The van der Waals surface area contributed by atoms with Crippen LogP contribution in [0.2, 0.25) is 0 Å². The summed E-state index contributed by atoms with van der Waals surface area (Å²) in [4.78, 5) is 11.5. The summed E-state index contributed by atoms with van der Waals surface area (Å²) in [5.41, 5.74) is 7.27. The highest BCUT2D eigenvalue weighted by Gasteiger charge is 2.29. The van der Waals surface area contributed by atoms with Crippen LogP contribution in [-0.2, 0) is 14.9 Å². The minimum absolute atomic E-state index is 0.0666. The zero-order valence-corrected chi connectivity index (χ0v) is 16.5. The van der Waals surface area contributed by atoms with Gasteiger partial charge in [-0.05, 0) is 68.6 Å². The summed E-state index contributed by atoms with van der Waals surface area (Å²) in [5.74, 6) is -0.636. The van der Waals surface area contributed by atoms with E-state index < -0.39 is 10.1 Å². The first kappa shape index (κ1) is 22.0. The number of nitrogens with two attached hydrogens (primary N) is 1. The number of carbonyl (C=O) groups excluding carboxylic acids is 1. The number of benzene rings is 2. The van der Waals surface area contributed by atoms with Crippen molar-refractivity contribution in [1.82, 2.24) is 5.32 Å². The molecule has 0 bridgehead atoms. The number of amides is 1. The molecule has 0 radical (unpaired) electrons. The molecule has 1 saturated heterocycles. The molecule has 152 valence electrons. The molecule has 0 saturated carbocycles. The van der Waals surface area contributed by atoms with E-state index >= 15 is 0 Å². The fraction of sp³-hybridized carbons (Fsp3) is 0.350. The van der Waals surface area contributed by atoms with Gasteiger partial charge in [0.25, 0.3) is 10.1 Å². The average molecular weight is 408 g/mol. The van der Waals surface area contributed by atoms with Gasteiger partial charge in [0, 0.05) is 0 Å². The summed E-state index contributed by atoms with van der Waals surface area (Å²) in [6, 6.07) is 12.1. The van der Waals surface area contributed by atoms with Gasteiger partial charge in [-0.3, -0.25) is 9.35 Å². The molecule has 0 spiro atoms. The molecule has 2 aromatic carbocycles. The van der Waals surface area contributed by atoms with Crippen LogP contribution in [0.1, 0.15) is 29.9 Å². The number of nitrogens with one attached hydrogen (secondary N) is 1. The van der Waals surface area contributed by atoms with Crippen molar-refractivity contribution in [2.45, 2.75) is 30.6 Å². The lowest BCUT2D eigenvalue weighted by atomic mass is 9.80. The lowest BCUT2D eigenvalue weighted by Crippen LogP contribution is -2.36. The number of halogens is 1. The largest absolute Gasteiger partial charge is 0.369 e. The van der Waals surface area contributed by atoms with E-state index in [2.05, 4.69) is 5.32 Å². The van der Waals surface area contributed by atoms with Crippen molar-refractivity contribution in [3.8, 4) is 0 Å². The van der Waals surface area contributed by atoms with Gasteiger partial charge in [-0.2, -0.15) is 8.42 Å². The van der Waals surface area contributed by atoms with Crippen LogP contribution in [0.5, 0.6) is 0 Å². The summed E-state index contributed by atoms with van der Waals surface area (Å²) in [6.07, 6.45) is 1.87. The molecule has 3 rings (SSSR count). The monoisotopic (exact) mass is 408 g/mol. The molecule has 1 fully saturated rings. The van der Waals surface area contributed by atoms with Crippen LogP contribution in [0.3, 0.4) is 0 Å². The molecule has 1 aliphatic rings. The van der Waals surface area contributed by atoms with E-state index in [9.17, 15) is 17.6 Å². The fourth-order valence-corrected chi connectivity index (χ4v) is 3.71. The van der Waals surface area contributed by atoms with E-state index in [1.54, 1.807) is 24.3 Å². The first-order valence-corrected chi connectivity index (χ1v) is 10.4. The van der Waals surface area contributed by atoms with Crippen LogP contribution in [0.4, 0.5) is 4.39 Å². The van der Waals surface area contributed by atoms with E-state index in [-0.39, 0.29) is 28.5 Å². The van der Waals surface area contributed by atoms with Crippen LogP contribution >= 0.6 is 0 Å². The Morgan fingerprint density at radius 1 is 1.11 bits per heavy atom. The summed E-state index contributed by atoms with van der Waals surface area (Å²) < 4.78 is 42.4. The van der Waals surface area contributed by atoms with E-state index in [1.165, 1.54) is 24.3 Å². The van der Waals surface area contributed by atoms with Crippen LogP contribution < -0.4 is 11.1 Å².